The lowest BCUT2D eigenvalue weighted by atomic mass is 10.3. The number of thioether (sulfide) groups is 1. The fraction of sp³-hybridized carbons (Fsp3) is 0.273. The van der Waals surface area contributed by atoms with Gasteiger partial charge in [-0.1, -0.05) is 30.0 Å². The highest BCUT2D eigenvalue weighted by Crippen LogP contribution is 2.25. The molecule has 1 aromatic carbocycles. The Morgan fingerprint density at radius 1 is 1.44 bits per heavy atom. The number of hydrogen-bond acceptors (Lipinski definition) is 2. The highest BCUT2D eigenvalue weighted by molar-refractivity contribution is 8.14. The standard InChI is InChI=1S/C11H13N3OS/c1-12-10(15)13-11-14(7-8-16-11)9-5-3-2-4-6-9/h2-6H,7-8H2,1H3,(H,12,15)/b13-11-. The third-order valence-corrected chi connectivity index (χ3v) is 3.21. The number of nitrogens with one attached hydrogen (secondary N) is 1. The molecule has 0 atom stereocenters. The molecule has 5 heteroatoms. The number of rotatable bonds is 1. The van der Waals surface area contributed by atoms with Gasteiger partial charge in [-0.3, -0.25) is 0 Å². The maximum atomic E-state index is 11.2. The predicted octanol–water partition coefficient (Wildman–Crippen LogP) is 1.94. The molecule has 0 bridgehead atoms. The van der Waals surface area contributed by atoms with Crippen molar-refractivity contribution in [3.05, 3.63) is 30.3 Å². The molecule has 1 heterocycles. The Bertz CT molecular complexity index is 405. The van der Waals surface area contributed by atoms with Crippen LogP contribution in [0.15, 0.2) is 35.3 Å². The second kappa shape index (κ2) is 5.03. The number of carbonyl (C=O) groups excluding carboxylic acids is 1. The molecular weight excluding hydrogens is 222 g/mol. The molecule has 16 heavy (non-hydrogen) atoms. The number of urea groups is 1. The van der Waals surface area contributed by atoms with Gasteiger partial charge in [-0.25, -0.2) is 4.79 Å². The van der Waals surface area contributed by atoms with Gasteiger partial charge in [0.25, 0.3) is 0 Å². The summed E-state index contributed by atoms with van der Waals surface area (Å²) in [7, 11) is 1.58. The largest absolute Gasteiger partial charge is 0.343 e. The number of aliphatic imine (C=N–C) groups is 1. The molecule has 0 aromatic heterocycles. The summed E-state index contributed by atoms with van der Waals surface area (Å²) < 4.78 is 0. The van der Waals surface area contributed by atoms with Crippen LogP contribution < -0.4 is 10.2 Å². The summed E-state index contributed by atoms with van der Waals surface area (Å²) in [6, 6.07) is 9.68. The van der Waals surface area contributed by atoms with Gasteiger partial charge in [-0.15, -0.1) is 0 Å². The molecule has 1 N–H and O–H groups in total. The topological polar surface area (TPSA) is 44.7 Å². The van der Waals surface area contributed by atoms with Gasteiger partial charge < -0.3 is 10.2 Å². The van der Waals surface area contributed by atoms with Crippen LogP contribution in [0.4, 0.5) is 10.5 Å². The van der Waals surface area contributed by atoms with Gasteiger partial charge in [0.15, 0.2) is 5.17 Å². The van der Waals surface area contributed by atoms with Crippen molar-refractivity contribution in [3.8, 4) is 0 Å². The summed E-state index contributed by atoms with van der Waals surface area (Å²) in [5.74, 6) is 0.963. The van der Waals surface area contributed by atoms with Gasteiger partial charge in [-0.05, 0) is 12.1 Å². The molecule has 2 amide bonds. The third kappa shape index (κ3) is 2.36. The minimum absolute atomic E-state index is 0.301. The summed E-state index contributed by atoms with van der Waals surface area (Å²) >= 11 is 1.60. The van der Waals surface area contributed by atoms with Gasteiger partial charge in [0.1, 0.15) is 0 Å². The summed E-state index contributed by atoms with van der Waals surface area (Å²) in [6.45, 7) is 0.893. The lowest BCUT2D eigenvalue weighted by Gasteiger charge is -2.17. The maximum Gasteiger partial charge on any atom is 0.343 e. The van der Waals surface area contributed by atoms with Crippen LogP contribution in [0.3, 0.4) is 0 Å². The molecule has 0 saturated carbocycles. The number of nitrogens with zero attached hydrogens (tertiary/aromatic N) is 2. The van der Waals surface area contributed by atoms with E-state index in [0.29, 0.717) is 0 Å². The minimum Gasteiger partial charge on any atom is -0.339 e. The third-order valence-electron chi connectivity index (χ3n) is 2.26. The van der Waals surface area contributed by atoms with Crippen LogP contribution in [0.1, 0.15) is 0 Å². The van der Waals surface area contributed by atoms with Crippen LogP contribution >= 0.6 is 11.8 Å². The lowest BCUT2D eigenvalue weighted by Crippen LogP contribution is -2.26. The number of amides is 2. The van der Waals surface area contributed by atoms with Crippen molar-refractivity contribution in [1.29, 1.82) is 0 Å². The summed E-state index contributed by atoms with van der Waals surface area (Å²) in [6.07, 6.45) is 0. The van der Waals surface area contributed by atoms with E-state index in [1.54, 1.807) is 18.8 Å². The quantitative estimate of drug-likeness (QED) is 0.809. The van der Waals surface area contributed by atoms with Crippen LogP contribution in [0.2, 0.25) is 0 Å². The van der Waals surface area contributed by atoms with E-state index in [0.717, 1.165) is 23.2 Å². The fourth-order valence-electron chi connectivity index (χ4n) is 1.48. The molecule has 1 aromatic rings. The molecule has 1 aliphatic heterocycles. The van der Waals surface area contributed by atoms with E-state index in [2.05, 4.69) is 15.2 Å². The van der Waals surface area contributed by atoms with Crippen molar-refractivity contribution in [3.63, 3.8) is 0 Å². The van der Waals surface area contributed by atoms with Crippen molar-refractivity contribution in [2.75, 3.05) is 24.2 Å². The van der Waals surface area contributed by atoms with E-state index >= 15 is 0 Å². The molecule has 84 valence electrons. The van der Waals surface area contributed by atoms with Crippen LogP contribution in [0, 0.1) is 0 Å². The van der Waals surface area contributed by atoms with Crippen LogP contribution in [0.25, 0.3) is 0 Å². The zero-order valence-corrected chi connectivity index (χ0v) is 9.83. The fourth-order valence-corrected chi connectivity index (χ4v) is 2.44. The zero-order chi connectivity index (χ0) is 11.4. The SMILES string of the molecule is CNC(=O)/N=C1\SCCN1c1ccccc1. The van der Waals surface area contributed by atoms with Gasteiger partial charge in [0, 0.05) is 25.0 Å². The molecule has 2 rings (SSSR count). The van der Waals surface area contributed by atoms with Crippen LogP contribution in [0.5, 0.6) is 0 Å². The van der Waals surface area contributed by atoms with Gasteiger partial charge >= 0.3 is 6.03 Å². The number of amidine groups is 1. The predicted molar refractivity (Wildman–Crippen MR) is 68.1 cm³/mol. The van der Waals surface area contributed by atoms with Gasteiger partial charge in [-0.2, -0.15) is 4.99 Å². The van der Waals surface area contributed by atoms with Crippen molar-refractivity contribution >= 4 is 28.6 Å². The number of hydrogen-bond donors (Lipinski definition) is 1. The highest BCUT2D eigenvalue weighted by Gasteiger charge is 2.21. The molecule has 0 radical (unpaired) electrons. The first-order valence-corrected chi connectivity index (χ1v) is 6.05. The Labute approximate surface area is 98.7 Å². The Balaban J connectivity index is 2.22. The van der Waals surface area contributed by atoms with Crippen LogP contribution in [-0.2, 0) is 0 Å². The summed E-state index contributed by atoms with van der Waals surface area (Å²) in [5.41, 5.74) is 1.08. The first kappa shape index (κ1) is 11.0. The Morgan fingerprint density at radius 2 is 2.19 bits per heavy atom. The monoisotopic (exact) mass is 235 g/mol. The number of benzene rings is 1. The lowest BCUT2D eigenvalue weighted by molar-refractivity contribution is 0.251. The van der Waals surface area contributed by atoms with Crippen molar-refractivity contribution in [2.24, 2.45) is 4.99 Å². The number of carbonyl (C=O) groups is 1. The zero-order valence-electron chi connectivity index (χ0n) is 9.01. The summed E-state index contributed by atoms with van der Waals surface area (Å²) in [4.78, 5) is 17.3. The molecular formula is C11H13N3OS. The van der Waals surface area contributed by atoms with Crippen molar-refractivity contribution < 1.29 is 4.79 Å². The number of anilines is 1. The minimum atomic E-state index is -0.301. The Kier molecular flexibility index (Phi) is 3.46. The molecule has 0 spiro atoms. The average Bonchev–Trinajstić information content (AvgIpc) is 2.78. The first-order chi connectivity index (χ1) is 7.81. The second-order valence-electron chi connectivity index (χ2n) is 3.29. The normalized spacial score (nSPS) is 17.8. The molecule has 4 nitrogen and oxygen atoms in total. The smallest absolute Gasteiger partial charge is 0.339 e. The summed E-state index contributed by atoms with van der Waals surface area (Å²) in [5, 5.41) is 3.27. The van der Waals surface area contributed by atoms with E-state index in [9.17, 15) is 4.79 Å². The van der Waals surface area contributed by atoms with E-state index in [1.807, 2.05) is 30.3 Å². The highest BCUT2D eigenvalue weighted by atomic mass is 32.2. The van der Waals surface area contributed by atoms with E-state index in [-0.39, 0.29) is 6.03 Å². The van der Waals surface area contributed by atoms with Gasteiger partial charge in [0.05, 0.1) is 0 Å². The molecule has 1 fully saturated rings. The van der Waals surface area contributed by atoms with Gasteiger partial charge in [0.2, 0.25) is 0 Å². The molecule has 0 aliphatic carbocycles. The first-order valence-electron chi connectivity index (χ1n) is 5.07. The number of para-hydroxylation sites is 1. The molecule has 1 saturated heterocycles. The van der Waals surface area contributed by atoms with E-state index < -0.39 is 0 Å². The van der Waals surface area contributed by atoms with Crippen molar-refractivity contribution in [1.82, 2.24) is 5.32 Å². The van der Waals surface area contributed by atoms with E-state index in [1.165, 1.54) is 0 Å². The van der Waals surface area contributed by atoms with Crippen LogP contribution in [-0.4, -0.2) is 30.5 Å². The van der Waals surface area contributed by atoms with E-state index in [4.69, 9.17) is 0 Å². The molecule has 0 unspecified atom stereocenters. The maximum absolute atomic E-state index is 11.2. The average molecular weight is 235 g/mol. The second-order valence-corrected chi connectivity index (χ2v) is 4.35. The Hall–Kier alpha value is -1.49. The molecule has 1 aliphatic rings. The Morgan fingerprint density at radius 3 is 2.88 bits per heavy atom. The van der Waals surface area contributed by atoms with Crippen molar-refractivity contribution in [2.45, 2.75) is 0 Å².